The van der Waals surface area contributed by atoms with E-state index in [-0.39, 0.29) is 0 Å². The van der Waals surface area contributed by atoms with Crippen LogP contribution in [0.1, 0.15) is 32.1 Å². The molecule has 2 N–H and O–H groups in total. The Hall–Kier alpha value is -0.0800. The Morgan fingerprint density at radius 1 is 1.08 bits per heavy atom. The van der Waals surface area contributed by atoms with E-state index in [1.807, 2.05) is 0 Å². The van der Waals surface area contributed by atoms with E-state index < -0.39 is 0 Å². The molecular weight excluding hydrogens is 150 g/mol. The van der Waals surface area contributed by atoms with Crippen LogP contribution in [-0.2, 0) is 0 Å². The summed E-state index contributed by atoms with van der Waals surface area (Å²) < 4.78 is 0. The van der Waals surface area contributed by atoms with Gasteiger partial charge in [-0.2, -0.15) is 0 Å². The van der Waals surface area contributed by atoms with Crippen molar-refractivity contribution in [1.29, 1.82) is 0 Å². The Labute approximate surface area is 74.4 Å². The zero-order valence-electron chi connectivity index (χ0n) is 7.63. The number of hydrogen-bond acceptors (Lipinski definition) is 2. The second-order valence-electron chi connectivity index (χ2n) is 4.32. The highest BCUT2D eigenvalue weighted by atomic mass is 16.3. The van der Waals surface area contributed by atoms with E-state index in [0.29, 0.717) is 12.5 Å². The summed E-state index contributed by atoms with van der Waals surface area (Å²) in [4.78, 5) is 0. The fourth-order valence-corrected chi connectivity index (χ4v) is 2.23. The van der Waals surface area contributed by atoms with Gasteiger partial charge in [-0.15, -0.1) is 0 Å². The zero-order chi connectivity index (χ0) is 8.39. The lowest BCUT2D eigenvalue weighted by molar-refractivity contribution is 0.192. The molecule has 2 heteroatoms. The van der Waals surface area contributed by atoms with Crippen LogP contribution in [-0.4, -0.2) is 24.3 Å². The van der Waals surface area contributed by atoms with Gasteiger partial charge < -0.3 is 10.4 Å². The summed E-state index contributed by atoms with van der Waals surface area (Å²) in [6.07, 6.45) is 6.63. The van der Waals surface area contributed by atoms with Crippen molar-refractivity contribution in [3.63, 3.8) is 0 Å². The molecule has 2 saturated carbocycles. The molecule has 2 aliphatic rings. The maximum atomic E-state index is 9.09. The van der Waals surface area contributed by atoms with Gasteiger partial charge in [-0.25, -0.2) is 0 Å². The second kappa shape index (κ2) is 3.75. The minimum absolute atomic E-state index is 0.400. The van der Waals surface area contributed by atoms with Crippen LogP contribution in [0.4, 0.5) is 0 Å². The summed E-state index contributed by atoms with van der Waals surface area (Å²) >= 11 is 0. The first kappa shape index (κ1) is 8.52. The van der Waals surface area contributed by atoms with Crippen molar-refractivity contribution in [1.82, 2.24) is 5.32 Å². The minimum Gasteiger partial charge on any atom is -0.396 e. The topological polar surface area (TPSA) is 32.3 Å². The third kappa shape index (κ3) is 1.99. The van der Waals surface area contributed by atoms with E-state index in [4.69, 9.17) is 5.11 Å². The first-order valence-corrected chi connectivity index (χ1v) is 5.24. The van der Waals surface area contributed by atoms with Crippen LogP contribution < -0.4 is 5.32 Å². The van der Waals surface area contributed by atoms with E-state index in [0.717, 1.165) is 18.5 Å². The van der Waals surface area contributed by atoms with Crippen LogP contribution in [0.5, 0.6) is 0 Å². The molecule has 0 bridgehead atoms. The Morgan fingerprint density at radius 2 is 1.83 bits per heavy atom. The molecule has 70 valence electrons. The van der Waals surface area contributed by atoms with E-state index in [1.54, 1.807) is 0 Å². The first-order valence-electron chi connectivity index (χ1n) is 5.24. The van der Waals surface area contributed by atoms with E-state index in [1.165, 1.54) is 32.1 Å². The molecule has 0 aromatic rings. The van der Waals surface area contributed by atoms with E-state index in [2.05, 4.69) is 5.32 Å². The Bertz CT molecular complexity index is 145. The molecule has 0 spiro atoms. The highest BCUT2D eigenvalue weighted by molar-refractivity contribution is 4.85. The zero-order valence-corrected chi connectivity index (χ0v) is 7.63. The summed E-state index contributed by atoms with van der Waals surface area (Å²) in [7, 11) is 0. The Balaban J connectivity index is 1.69. The molecule has 2 nitrogen and oxygen atoms in total. The molecule has 0 saturated heterocycles. The number of rotatable bonds is 4. The predicted molar refractivity (Wildman–Crippen MR) is 48.9 cm³/mol. The van der Waals surface area contributed by atoms with Crippen molar-refractivity contribution in [2.75, 3.05) is 13.2 Å². The minimum atomic E-state index is 0.400. The maximum Gasteiger partial charge on any atom is 0.0462 e. The summed E-state index contributed by atoms with van der Waals surface area (Å²) in [6.45, 7) is 1.55. The van der Waals surface area contributed by atoms with Crippen LogP contribution in [0.25, 0.3) is 0 Å². The van der Waals surface area contributed by atoms with Gasteiger partial charge in [-0.05, 0) is 44.1 Å². The van der Waals surface area contributed by atoms with E-state index >= 15 is 0 Å². The van der Waals surface area contributed by atoms with Crippen molar-refractivity contribution < 1.29 is 5.11 Å². The predicted octanol–water partition coefficient (Wildman–Crippen LogP) is 1.15. The third-order valence-electron chi connectivity index (χ3n) is 3.30. The number of aliphatic hydroxyl groups is 1. The number of hydrogen-bond donors (Lipinski definition) is 2. The van der Waals surface area contributed by atoms with Crippen molar-refractivity contribution in [2.45, 2.75) is 38.1 Å². The molecule has 0 heterocycles. The molecule has 0 radical (unpaired) electrons. The fraction of sp³-hybridized carbons (Fsp3) is 1.00. The average Bonchev–Trinajstić information content (AvgIpc) is 2.81. The number of nitrogens with one attached hydrogen (secondary N) is 1. The average molecular weight is 169 g/mol. The summed E-state index contributed by atoms with van der Waals surface area (Å²) in [6, 6.07) is 0.824. The van der Waals surface area contributed by atoms with Crippen molar-refractivity contribution >= 4 is 0 Å². The molecule has 2 aliphatic carbocycles. The largest absolute Gasteiger partial charge is 0.396 e. The highest BCUT2D eigenvalue weighted by Crippen LogP contribution is 2.31. The summed E-state index contributed by atoms with van der Waals surface area (Å²) in [5.41, 5.74) is 0. The Kier molecular flexibility index (Phi) is 2.66. The molecule has 2 unspecified atom stereocenters. The molecule has 0 aromatic heterocycles. The van der Waals surface area contributed by atoms with Crippen LogP contribution in [0.15, 0.2) is 0 Å². The smallest absolute Gasteiger partial charge is 0.0462 e. The van der Waals surface area contributed by atoms with Gasteiger partial charge in [-0.1, -0.05) is 6.42 Å². The monoisotopic (exact) mass is 169 g/mol. The van der Waals surface area contributed by atoms with Gasteiger partial charge in [0.15, 0.2) is 0 Å². The molecule has 0 amide bonds. The molecule has 12 heavy (non-hydrogen) atoms. The van der Waals surface area contributed by atoms with Crippen LogP contribution in [0.3, 0.4) is 0 Å². The molecule has 2 atom stereocenters. The van der Waals surface area contributed by atoms with Crippen LogP contribution in [0.2, 0.25) is 0 Å². The van der Waals surface area contributed by atoms with Gasteiger partial charge in [0, 0.05) is 12.6 Å². The van der Waals surface area contributed by atoms with Crippen molar-refractivity contribution in [2.24, 2.45) is 11.8 Å². The fourth-order valence-electron chi connectivity index (χ4n) is 2.23. The van der Waals surface area contributed by atoms with Crippen molar-refractivity contribution in [3.05, 3.63) is 0 Å². The van der Waals surface area contributed by atoms with Gasteiger partial charge in [-0.3, -0.25) is 0 Å². The van der Waals surface area contributed by atoms with Gasteiger partial charge in [0.1, 0.15) is 0 Å². The second-order valence-corrected chi connectivity index (χ2v) is 4.32. The van der Waals surface area contributed by atoms with Crippen molar-refractivity contribution in [3.8, 4) is 0 Å². The SMILES string of the molecule is OCC1CCCC1CNC1CC1. The molecule has 0 aliphatic heterocycles. The molecular formula is C10H19NO. The van der Waals surface area contributed by atoms with Gasteiger partial charge >= 0.3 is 0 Å². The summed E-state index contributed by atoms with van der Waals surface area (Å²) in [5, 5.41) is 12.6. The Morgan fingerprint density at radius 3 is 2.50 bits per heavy atom. The maximum absolute atomic E-state index is 9.09. The quantitative estimate of drug-likeness (QED) is 0.661. The summed E-state index contributed by atoms with van der Waals surface area (Å²) in [5.74, 6) is 1.35. The van der Waals surface area contributed by atoms with Crippen LogP contribution >= 0.6 is 0 Å². The molecule has 0 aromatic carbocycles. The molecule has 2 fully saturated rings. The van der Waals surface area contributed by atoms with E-state index in [9.17, 15) is 0 Å². The highest BCUT2D eigenvalue weighted by Gasteiger charge is 2.28. The normalized spacial score (nSPS) is 35.8. The lowest BCUT2D eigenvalue weighted by atomic mass is 9.97. The molecule has 2 rings (SSSR count). The lowest BCUT2D eigenvalue weighted by Gasteiger charge is -2.17. The third-order valence-corrected chi connectivity index (χ3v) is 3.30. The number of aliphatic hydroxyl groups excluding tert-OH is 1. The first-order chi connectivity index (χ1) is 5.90. The van der Waals surface area contributed by atoms with Gasteiger partial charge in [0.2, 0.25) is 0 Å². The van der Waals surface area contributed by atoms with Gasteiger partial charge in [0.05, 0.1) is 0 Å². The van der Waals surface area contributed by atoms with Crippen LogP contribution in [0, 0.1) is 11.8 Å². The lowest BCUT2D eigenvalue weighted by Crippen LogP contribution is -2.28. The standard InChI is InChI=1S/C10H19NO/c12-7-9-3-1-2-8(9)6-11-10-4-5-10/h8-12H,1-7H2. The van der Waals surface area contributed by atoms with Gasteiger partial charge in [0.25, 0.3) is 0 Å².